The van der Waals surface area contributed by atoms with Crippen LogP contribution in [-0.2, 0) is 13.0 Å². The minimum Gasteiger partial charge on any atom is -0.356 e. The molecule has 2 rings (SSSR count). The first-order chi connectivity index (χ1) is 10.6. The zero-order valence-electron chi connectivity index (χ0n) is 13.5. The Kier molecular flexibility index (Phi) is 8.86. The van der Waals surface area contributed by atoms with Gasteiger partial charge in [0.05, 0.1) is 12.2 Å². The van der Waals surface area contributed by atoms with Crippen molar-refractivity contribution in [3.63, 3.8) is 0 Å². The molecular weight excluding hydrogens is 443 g/mol. The van der Waals surface area contributed by atoms with Crippen molar-refractivity contribution >= 4 is 52.9 Å². The van der Waals surface area contributed by atoms with Gasteiger partial charge in [-0.2, -0.15) is 0 Å². The smallest absolute Gasteiger partial charge is 0.191 e. The third kappa shape index (κ3) is 6.27. The van der Waals surface area contributed by atoms with Crippen molar-refractivity contribution in [1.29, 1.82) is 0 Å². The average Bonchev–Trinajstić information content (AvgIpc) is 2.83. The van der Waals surface area contributed by atoms with Crippen LogP contribution in [0.25, 0.3) is 0 Å². The van der Waals surface area contributed by atoms with Crippen molar-refractivity contribution in [3.05, 3.63) is 50.4 Å². The monoisotopic (exact) mass is 464 g/mol. The summed E-state index contributed by atoms with van der Waals surface area (Å²) in [6.07, 6.45) is 0.857. The van der Waals surface area contributed by atoms with Crippen LogP contribution in [0.1, 0.15) is 21.1 Å². The van der Waals surface area contributed by atoms with Gasteiger partial charge in [0.2, 0.25) is 0 Å². The maximum Gasteiger partial charge on any atom is 0.191 e. The second-order valence-corrected chi connectivity index (χ2v) is 6.64. The zero-order valence-corrected chi connectivity index (χ0v) is 17.4. The third-order valence-electron chi connectivity index (χ3n) is 3.35. The van der Waals surface area contributed by atoms with Crippen LogP contribution < -0.4 is 10.6 Å². The van der Waals surface area contributed by atoms with Gasteiger partial charge in [0.1, 0.15) is 5.01 Å². The molecule has 0 aliphatic rings. The number of hydrogen-bond donors (Lipinski definition) is 2. The summed E-state index contributed by atoms with van der Waals surface area (Å²) in [6.45, 7) is 5.59. The highest BCUT2D eigenvalue weighted by Crippen LogP contribution is 2.16. The lowest BCUT2D eigenvalue weighted by molar-refractivity contribution is 0.790. The first-order valence-corrected chi connectivity index (χ1v) is 8.40. The topological polar surface area (TPSA) is 49.3 Å². The molecule has 7 heteroatoms. The second-order valence-electron chi connectivity index (χ2n) is 4.94. The van der Waals surface area contributed by atoms with E-state index in [0.29, 0.717) is 6.54 Å². The van der Waals surface area contributed by atoms with Gasteiger partial charge in [0, 0.05) is 23.5 Å². The van der Waals surface area contributed by atoms with Crippen LogP contribution in [0, 0.1) is 13.8 Å². The fourth-order valence-electron chi connectivity index (χ4n) is 2.01. The van der Waals surface area contributed by atoms with Crippen molar-refractivity contribution in [1.82, 2.24) is 15.6 Å². The van der Waals surface area contributed by atoms with Gasteiger partial charge < -0.3 is 10.6 Å². The minimum atomic E-state index is 0. The molecule has 0 amide bonds. The Balaban J connectivity index is 0.00000264. The molecule has 0 spiro atoms. The molecule has 0 saturated heterocycles. The fraction of sp³-hybridized carbons (Fsp3) is 0.375. The second kappa shape index (κ2) is 10.1. The van der Waals surface area contributed by atoms with Gasteiger partial charge in [-0.3, -0.25) is 4.99 Å². The highest BCUT2D eigenvalue weighted by Gasteiger charge is 2.05. The van der Waals surface area contributed by atoms with E-state index in [1.807, 2.05) is 31.2 Å². The van der Waals surface area contributed by atoms with Crippen LogP contribution in [0.5, 0.6) is 0 Å². The molecule has 0 saturated carbocycles. The Morgan fingerprint density at radius 3 is 2.61 bits per heavy atom. The molecule has 2 aromatic rings. The molecule has 0 aliphatic heterocycles. The summed E-state index contributed by atoms with van der Waals surface area (Å²) in [7, 11) is 1.77. The maximum atomic E-state index is 6.15. The van der Waals surface area contributed by atoms with E-state index in [4.69, 9.17) is 11.6 Å². The van der Waals surface area contributed by atoms with Gasteiger partial charge in [0.15, 0.2) is 5.96 Å². The number of thiazole rings is 1. The number of aromatic nitrogens is 1. The molecule has 1 heterocycles. The Morgan fingerprint density at radius 2 is 2.00 bits per heavy atom. The number of nitrogens with zero attached hydrogens (tertiary/aromatic N) is 2. The summed E-state index contributed by atoms with van der Waals surface area (Å²) in [5.41, 5.74) is 2.24. The first kappa shape index (κ1) is 20.2. The van der Waals surface area contributed by atoms with Crippen molar-refractivity contribution < 1.29 is 0 Å². The number of benzene rings is 1. The number of nitrogens with one attached hydrogen (secondary N) is 2. The molecule has 0 aliphatic carbocycles. The van der Waals surface area contributed by atoms with Gasteiger partial charge in [-0.05, 0) is 31.9 Å². The van der Waals surface area contributed by atoms with Gasteiger partial charge in [-0.25, -0.2) is 4.98 Å². The Bertz CT molecular complexity index is 638. The molecule has 1 aromatic heterocycles. The third-order valence-corrected chi connectivity index (χ3v) is 4.79. The Morgan fingerprint density at radius 1 is 1.26 bits per heavy atom. The van der Waals surface area contributed by atoms with E-state index < -0.39 is 0 Å². The van der Waals surface area contributed by atoms with Gasteiger partial charge in [0.25, 0.3) is 0 Å². The van der Waals surface area contributed by atoms with E-state index in [1.54, 1.807) is 18.4 Å². The van der Waals surface area contributed by atoms with E-state index in [-0.39, 0.29) is 24.0 Å². The first-order valence-electron chi connectivity index (χ1n) is 7.21. The molecule has 0 unspecified atom stereocenters. The quantitative estimate of drug-likeness (QED) is 0.400. The van der Waals surface area contributed by atoms with Gasteiger partial charge in [-0.15, -0.1) is 35.3 Å². The minimum absolute atomic E-state index is 0. The molecule has 126 valence electrons. The van der Waals surface area contributed by atoms with Crippen molar-refractivity contribution in [2.45, 2.75) is 26.8 Å². The maximum absolute atomic E-state index is 6.15. The largest absolute Gasteiger partial charge is 0.356 e. The van der Waals surface area contributed by atoms with Crippen molar-refractivity contribution in [3.8, 4) is 0 Å². The van der Waals surface area contributed by atoms with Crippen molar-refractivity contribution in [2.24, 2.45) is 4.99 Å². The van der Waals surface area contributed by atoms with Gasteiger partial charge in [-0.1, -0.05) is 29.8 Å². The summed E-state index contributed by atoms with van der Waals surface area (Å²) in [5, 5.41) is 8.45. The van der Waals surface area contributed by atoms with E-state index >= 15 is 0 Å². The standard InChI is InChI=1S/C16H21ClN4S.HI/c1-11-12(2)22-15(21-11)10-20-16(18-3)19-9-8-13-6-4-5-7-14(13)17;/h4-7H,8-10H2,1-3H3,(H2,18,19,20);1H. The number of guanidine groups is 1. The lowest BCUT2D eigenvalue weighted by atomic mass is 10.1. The van der Waals surface area contributed by atoms with Crippen LogP contribution in [0.2, 0.25) is 5.02 Å². The summed E-state index contributed by atoms with van der Waals surface area (Å²) in [5.74, 6) is 0.776. The lowest BCUT2D eigenvalue weighted by Crippen LogP contribution is -2.37. The Hall–Kier alpha value is -0.860. The summed E-state index contributed by atoms with van der Waals surface area (Å²) in [6, 6.07) is 7.90. The predicted molar refractivity (Wildman–Crippen MR) is 110 cm³/mol. The number of rotatable bonds is 5. The molecule has 0 atom stereocenters. The summed E-state index contributed by atoms with van der Waals surface area (Å²) >= 11 is 7.87. The fourth-order valence-corrected chi connectivity index (χ4v) is 3.12. The highest BCUT2D eigenvalue weighted by atomic mass is 127. The normalized spacial score (nSPS) is 11.0. The summed E-state index contributed by atoms with van der Waals surface area (Å²) in [4.78, 5) is 10.00. The number of aliphatic imine (C=N–C) groups is 1. The van der Waals surface area contributed by atoms with E-state index in [9.17, 15) is 0 Å². The number of halogens is 2. The van der Waals surface area contributed by atoms with E-state index in [1.165, 1.54) is 4.88 Å². The molecule has 2 N–H and O–H groups in total. The van der Waals surface area contributed by atoms with Crippen LogP contribution in [0.4, 0.5) is 0 Å². The van der Waals surface area contributed by atoms with Crippen LogP contribution in [0.3, 0.4) is 0 Å². The molecular formula is C16H22ClIN4S. The lowest BCUT2D eigenvalue weighted by Gasteiger charge is -2.11. The van der Waals surface area contributed by atoms with E-state index in [0.717, 1.165) is 40.2 Å². The van der Waals surface area contributed by atoms with Gasteiger partial charge >= 0.3 is 0 Å². The SMILES string of the molecule is CN=C(NCCc1ccccc1Cl)NCc1nc(C)c(C)s1.I. The zero-order chi connectivity index (χ0) is 15.9. The van der Waals surface area contributed by atoms with Crippen molar-refractivity contribution in [2.75, 3.05) is 13.6 Å². The molecule has 1 aromatic carbocycles. The Labute approximate surface area is 163 Å². The number of aryl methyl sites for hydroxylation is 2. The van der Waals surface area contributed by atoms with E-state index in [2.05, 4.69) is 27.5 Å². The van der Waals surface area contributed by atoms with Crippen LogP contribution in [0.15, 0.2) is 29.3 Å². The molecule has 0 bridgehead atoms. The predicted octanol–water partition coefficient (Wildman–Crippen LogP) is 3.94. The van der Waals surface area contributed by atoms with Crippen LogP contribution in [-0.4, -0.2) is 24.5 Å². The van der Waals surface area contributed by atoms with Crippen LogP contribution >= 0.6 is 46.9 Å². The molecule has 0 radical (unpaired) electrons. The average molecular weight is 465 g/mol. The summed E-state index contributed by atoms with van der Waals surface area (Å²) < 4.78 is 0. The molecule has 23 heavy (non-hydrogen) atoms. The highest BCUT2D eigenvalue weighted by molar-refractivity contribution is 14.0. The molecule has 4 nitrogen and oxygen atoms in total. The molecule has 0 fully saturated rings. The number of hydrogen-bond acceptors (Lipinski definition) is 3.